The molecule has 0 fully saturated rings. The first-order chi connectivity index (χ1) is 7.31. The summed E-state index contributed by atoms with van der Waals surface area (Å²) in [4.78, 5) is 15.9. The van der Waals surface area contributed by atoms with Gasteiger partial charge in [-0.1, -0.05) is 0 Å². The molecule has 0 spiro atoms. The molecule has 0 aliphatic heterocycles. The minimum absolute atomic E-state index is 0.224. The molecule has 0 saturated heterocycles. The number of nitrogen functional groups attached to an aromatic ring is 1. The summed E-state index contributed by atoms with van der Waals surface area (Å²) >= 11 is 0. The Labute approximate surface area is 86.2 Å². The number of hydrogen-bond acceptors (Lipinski definition) is 6. The average Bonchev–Trinajstić information content (AvgIpc) is 2.30. The van der Waals surface area contributed by atoms with Crippen LogP contribution >= 0.6 is 0 Å². The summed E-state index contributed by atoms with van der Waals surface area (Å²) < 4.78 is 5.07. The zero-order chi connectivity index (χ0) is 10.7. The third-order valence-electron chi connectivity index (χ3n) is 1.80. The molecule has 2 N–H and O–H groups in total. The Hall–Kier alpha value is -2.24. The van der Waals surface area contributed by atoms with Crippen LogP contribution in [0.2, 0.25) is 0 Å². The maximum atomic E-state index is 5.39. The van der Waals surface area contributed by atoms with E-state index >= 15 is 0 Å². The normalized spacial score (nSPS) is 9.93. The molecule has 0 atom stereocenters. The van der Waals surface area contributed by atoms with Gasteiger partial charge >= 0.3 is 0 Å². The summed E-state index contributed by atoms with van der Waals surface area (Å²) in [6.45, 7) is 0. The molecule has 0 aromatic carbocycles. The van der Waals surface area contributed by atoms with Crippen LogP contribution in [-0.2, 0) is 0 Å². The van der Waals surface area contributed by atoms with Gasteiger partial charge in [0, 0.05) is 30.4 Å². The van der Waals surface area contributed by atoms with Crippen molar-refractivity contribution in [2.24, 2.45) is 0 Å². The predicted octanol–water partition coefficient (Wildman–Crippen LogP) is 0.524. The summed E-state index contributed by atoms with van der Waals surface area (Å²) in [6.07, 6.45) is 6.29. The molecule has 0 aliphatic rings. The predicted molar refractivity (Wildman–Crippen MR) is 54.0 cm³/mol. The number of rotatable bonds is 2. The maximum absolute atomic E-state index is 5.39. The lowest BCUT2D eigenvalue weighted by Crippen LogP contribution is -1.97. The Bertz CT molecular complexity index is 456. The molecule has 0 aliphatic carbocycles. The molecule has 0 saturated carbocycles. The summed E-state index contributed by atoms with van der Waals surface area (Å²) in [6, 6.07) is 0. The van der Waals surface area contributed by atoms with E-state index in [-0.39, 0.29) is 5.95 Å². The van der Waals surface area contributed by atoms with Crippen LogP contribution in [0.3, 0.4) is 0 Å². The zero-order valence-corrected chi connectivity index (χ0v) is 8.08. The van der Waals surface area contributed by atoms with Gasteiger partial charge in [0.15, 0.2) is 0 Å². The van der Waals surface area contributed by atoms with Crippen LogP contribution in [0.1, 0.15) is 0 Å². The minimum atomic E-state index is 0.224. The van der Waals surface area contributed by atoms with E-state index in [1.807, 2.05) is 0 Å². The van der Waals surface area contributed by atoms with E-state index in [9.17, 15) is 0 Å². The number of nitrogens with zero attached hydrogens (tertiary/aromatic N) is 4. The van der Waals surface area contributed by atoms with E-state index in [1.165, 1.54) is 7.11 Å². The van der Waals surface area contributed by atoms with E-state index in [2.05, 4.69) is 19.9 Å². The highest BCUT2D eigenvalue weighted by atomic mass is 16.5. The summed E-state index contributed by atoms with van der Waals surface area (Å²) in [5, 5.41) is 0. The molecule has 0 amide bonds. The van der Waals surface area contributed by atoms with E-state index < -0.39 is 0 Å². The topological polar surface area (TPSA) is 86.8 Å². The Morgan fingerprint density at radius 3 is 2.40 bits per heavy atom. The van der Waals surface area contributed by atoms with Crippen LogP contribution in [0.25, 0.3) is 11.3 Å². The van der Waals surface area contributed by atoms with Gasteiger partial charge in [0.2, 0.25) is 11.8 Å². The fraction of sp³-hybridized carbons (Fsp3) is 0.111. The lowest BCUT2D eigenvalue weighted by molar-refractivity contribution is 0.397. The summed E-state index contributed by atoms with van der Waals surface area (Å²) in [7, 11) is 1.53. The molecule has 2 rings (SSSR count). The number of ether oxygens (including phenoxy) is 1. The van der Waals surface area contributed by atoms with Crippen LogP contribution < -0.4 is 10.5 Å². The molecule has 0 unspecified atom stereocenters. The van der Waals surface area contributed by atoms with Gasteiger partial charge in [-0.05, 0) is 0 Å². The Morgan fingerprint density at radius 2 is 1.73 bits per heavy atom. The standard InChI is InChI=1S/C9H9N5O/c1-15-8-7(11-2-3-12-8)6-4-13-9(10)14-5-6/h2-5H,1H3,(H2,10,13,14). The lowest BCUT2D eigenvalue weighted by Gasteiger charge is -2.04. The molecule has 0 bridgehead atoms. The quantitative estimate of drug-likeness (QED) is 0.765. The van der Waals surface area contributed by atoms with Crippen molar-refractivity contribution >= 4 is 5.95 Å². The molecule has 2 aromatic rings. The van der Waals surface area contributed by atoms with Crippen molar-refractivity contribution in [1.82, 2.24) is 19.9 Å². The van der Waals surface area contributed by atoms with Crippen molar-refractivity contribution in [2.75, 3.05) is 12.8 Å². The fourth-order valence-corrected chi connectivity index (χ4v) is 1.13. The van der Waals surface area contributed by atoms with Gasteiger partial charge in [-0.3, -0.25) is 0 Å². The van der Waals surface area contributed by atoms with Crippen LogP contribution in [0.15, 0.2) is 24.8 Å². The highest BCUT2D eigenvalue weighted by Gasteiger charge is 2.08. The molecule has 0 radical (unpaired) electrons. The van der Waals surface area contributed by atoms with Gasteiger partial charge in [0.25, 0.3) is 0 Å². The second-order valence-corrected chi connectivity index (χ2v) is 2.74. The third-order valence-corrected chi connectivity index (χ3v) is 1.80. The van der Waals surface area contributed by atoms with Gasteiger partial charge in [0.1, 0.15) is 5.69 Å². The monoisotopic (exact) mass is 203 g/mol. The molecular formula is C9H9N5O. The molecule has 6 nitrogen and oxygen atoms in total. The molecule has 2 heterocycles. The Balaban J connectivity index is 2.49. The third kappa shape index (κ3) is 1.83. The number of nitrogens with two attached hydrogens (primary N) is 1. The van der Waals surface area contributed by atoms with Gasteiger partial charge in [-0.15, -0.1) is 0 Å². The average molecular weight is 203 g/mol. The minimum Gasteiger partial charge on any atom is -0.479 e. The lowest BCUT2D eigenvalue weighted by atomic mass is 10.2. The Morgan fingerprint density at radius 1 is 1.07 bits per heavy atom. The SMILES string of the molecule is COc1nccnc1-c1cnc(N)nc1. The second-order valence-electron chi connectivity index (χ2n) is 2.74. The number of aromatic nitrogens is 4. The smallest absolute Gasteiger partial charge is 0.240 e. The van der Waals surface area contributed by atoms with E-state index in [0.29, 0.717) is 17.1 Å². The number of anilines is 1. The number of methoxy groups -OCH3 is 1. The van der Waals surface area contributed by atoms with E-state index in [4.69, 9.17) is 10.5 Å². The zero-order valence-electron chi connectivity index (χ0n) is 8.08. The van der Waals surface area contributed by atoms with Crippen molar-refractivity contribution in [3.8, 4) is 17.1 Å². The molecular weight excluding hydrogens is 194 g/mol. The van der Waals surface area contributed by atoms with Crippen LogP contribution in [0, 0.1) is 0 Å². The second kappa shape index (κ2) is 3.87. The summed E-state index contributed by atoms with van der Waals surface area (Å²) in [5.41, 5.74) is 6.70. The van der Waals surface area contributed by atoms with Crippen molar-refractivity contribution in [2.45, 2.75) is 0 Å². The summed E-state index contributed by atoms with van der Waals surface area (Å²) in [5.74, 6) is 0.660. The van der Waals surface area contributed by atoms with Gasteiger partial charge in [-0.2, -0.15) is 0 Å². The highest BCUT2D eigenvalue weighted by Crippen LogP contribution is 2.23. The molecule has 15 heavy (non-hydrogen) atoms. The molecule has 6 heteroatoms. The molecule has 76 valence electrons. The van der Waals surface area contributed by atoms with E-state index in [0.717, 1.165) is 0 Å². The molecule has 2 aromatic heterocycles. The first-order valence-electron chi connectivity index (χ1n) is 4.24. The van der Waals surface area contributed by atoms with Crippen molar-refractivity contribution in [3.63, 3.8) is 0 Å². The largest absolute Gasteiger partial charge is 0.479 e. The van der Waals surface area contributed by atoms with Crippen LogP contribution in [-0.4, -0.2) is 27.0 Å². The highest BCUT2D eigenvalue weighted by molar-refractivity contribution is 5.62. The van der Waals surface area contributed by atoms with Gasteiger partial charge in [0.05, 0.1) is 7.11 Å². The van der Waals surface area contributed by atoms with Crippen molar-refractivity contribution < 1.29 is 4.74 Å². The van der Waals surface area contributed by atoms with Gasteiger partial charge in [-0.25, -0.2) is 19.9 Å². The maximum Gasteiger partial charge on any atom is 0.240 e. The van der Waals surface area contributed by atoms with Crippen LogP contribution in [0.4, 0.5) is 5.95 Å². The van der Waals surface area contributed by atoms with E-state index in [1.54, 1.807) is 24.8 Å². The van der Waals surface area contributed by atoms with Crippen LogP contribution in [0.5, 0.6) is 5.88 Å². The first kappa shape index (κ1) is 9.32. The van der Waals surface area contributed by atoms with Crippen molar-refractivity contribution in [3.05, 3.63) is 24.8 Å². The van der Waals surface area contributed by atoms with Gasteiger partial charge < -0.3 is 10.5 Å². The fourth-order valence-electron chi connectivity index (χ4n) is 1.13. The Kier molecular flexibility index (Phi) is 2.40. The number of hydrogen-bond donors (Lipinski definition) is 1. The van der Waals surface area contributed by atoms with Crippen molar-refractivity contribution in [1.29, 1.82) is 0 Å². The first-order valence-corrected chi connectivity index (χ1v) is 4.24.